The number of aryl methyl sites for hydroxylation is 2. The summed E-state index contributed by atoms with van der Waals surface area (Å²) in [7, 11) is 0. The minimum absolute atomic E-state index is 0.0576. The van der Waals surface area contributed by atoms with Gasteiger partial charge < -0.3 is 5.32 Å². The molecule has 0 spiro atoms. The van der Waals surface area contributed by atoms with Crippen LogP contribution in [0.15, 0.2) is 23.4 Å². The Hall–Kier alpha value is -1.89. The van der Waals surface area contributed by atoms with E-state index in [0.29, 0.717) is 11.1 Å². The van der Waals surface area contributed by atoms with Crippen molar-refractivity contribution in [3.8, 4) is 0 Å². The van der Waals surface area contributed by atoms with Crippen LogP contribution in [0.1, 0.15) is 25.0 Å². The summed E-state index contributed by atoms with van der Waals surface area (Å²) in [5, 5.41) is 15.2. The van der Waals surface area contributed by atoms with Gasteiger partial charge in [0.25, 0.3) is 0 Å². The standard InChI is InChI=1S/C15H21N5OS/c1-10(2)8-20-15(17-18-19-20)22-9-14(21)16-13-7-11(3)5-6-12(13)4/h5-7,10H,8-9H2,1-4H3,(H,16,21). The first kappa shape index (κ1) is 16.5. The smallest absolute Gasteiger partial charge is 0.234 e. The quantitative estimate of drug-likeness (QED) is 0.829. The summed E-state index contributed by atoms with van der Waals surface area (Å²) < 4.78 is 1.74. The maximum atomic E-state index is 12.1. The second kappa shape index (κ2) is 7.40. The molecule has 1 aromatic carbocycles. The molecule has 0 aliphatic heterocycles. The molecule has 0 saturated carbocycles. The number of thioether (sulfide) groups is 1. The molecule has 0 bridgehead atoms. The summed E-state index contributed by atoms with van der Waals surface area (Å²) in [6, 6.07) is 6.00. The fourth-order valence-electron chi connectivity index (χ4n) is 1.95. The van der Waals surface area contributed by atoms with E-state index >= 15 is 0 Å². The molecule has 1 aromatic heterocycles. The topological polar surface area (TPSA) is 72.7 Å². The van der Waals surface area contributed by atoms with Crippen molar-refractivity contribution >= 4 is 23.4 Å². The van der Waals surface area contributed by atoms with Crippen molar-refractivity contribution in [1.29, 1.82) is 0 Å². The van der Waals surface area contributed by atoms with Gasteiger partial charge in [-0.15, -0.1) is 5.10 Å². The van der Waals surface area contributed by atoms with Gasteiger partial charge in [-0.25, -0.2) is 4.68 Å². The summed E-state index contributed by atoms with van der Waals surface area (Å²) in [5.41, 5.74) is 3.02. The molecule has 1 heterocycles. The van der Waals surface area contributed by atoms with Gasteiger partial charge in [0.2, 0.25) is 11.1 Å². The number of benzene rings is 1. The molecule has 1 N–H and O–H groups in total. The molecular weight excluding hydrogens is 298 g/mol. The minimum atomic E-state index is -0.0576. The first-order valence-electron chi connectivity index (χ1n) is 7.21. The molecule has 6 nitrogen and oxygen atoms in total. The lowest BCUT2D eigenvalue weighted by Crippen LogP contribution is -2.16. The average molecular weight is 319 g/mol. The number of carbonyl (C=O) groups excluding carboxylic acids is 1. The molecule has 22 heavy (non-hydrogen) atoms. The second-order valence-electron chi connectivity index (χ2n) is 5.69. The van der Waals surface area contributed by atoms with Gasteiger partial charge in [0.15, 0.2) is 0 Å². The Morgan fingerprint density at radius 2 is 2.14 bits per heavy atom. The maximum Gasteiger partial charge on any atom is 0.234 e. The minimum Gasteiger partial charge on any atom is -0.325 e. The van der Waals surface area contributed by atoms with E-state index < -0.39 is 0 Å². The molecule has 0 fully saturated rings. The van der Waals surface area contributed by atoms with E-state index in [1.54, 1.807) is 4.68 Å². The van der Waals surface area contributed by atoms with Crippen LogP contribution >= 0.6 is 11.8 Å². The monoisotopic (exact) mass is 319 g/mol. The van der Waals surface area contributed by atoms with Crippen LogP contribution in [-0.2, 0) is 11.3 Å². The first-order chi connectivity index (χ1) is 10.5. The number of aromatic nitrogens is 4. The highest BCUT2D eigenvalue weighted by Gasteiger charge is 2.11. The third-order valence-corrected chi connectivity index (χ3v) is 3.99. The van der Waals surface area contributed by atoms with Crippen molar-refractivity contribution in [2.24, 2.45) is 5.92 Å². The van der Waals surface area contributed by atoms with Gasteiger partial charge in [-0.2, -0.15) is 0 Å². The van der Waals surface area contributed by atoms with E-state index in [2.05, 4.69) is 34.7 Å². The zero-order chi connectivity index (χ0) is 16.1. The first-order valence-corrected chi connectivity index (χ1v) is 8.20. The van der Waals surface area contributed by atoms with Crippen LogP contribution in [0, 0.1) is 19.8 Å². The van der Waals surface area contributed by atoms with Gasteiger partial charge in [-0.3, -0.25) is 4.79 Å². The van der Waals surface area contributed by atoms with E-state index in [0.717, 1.165) is 23.4 Å². The Morgan fingerprint density at radius 3 is 2.86 bits per heavy atom. The summed E-state index contributed by atoms with van der Waals surface area (Å²) >= 11 is 1.35. The number of tetrazole rings is 1. The number of nitrogens with one attached hydrogen (secondary N) is 1. The van der Waals surface area contributed by atoms with Gasteiger partial charge in [-0.05, 0) is 47.4 Å². The van der Waals surface area contributed by atoms with E-state index in [1.807, 2.05) is 32.0 Å². The number of carbonyl (C=O) groups is 1. The van der Waals surface area contributed by atoms with Crippen LogP contribution in [-0.4, -0.2) is 31.9 Å². The van der Waals surface area contributed by atoms with E-state index in [1.165, 1.54) is 11.8 Å². The third kappa shape index (κ3) is 4.56. The van der Waals surface area contributed by atoms with Crippen LogP contribution in [0.3, 0.4) is 0 Å². The predicted molar refractivity (Wildman–Crippen MR) is 87.9 cm³/mol. The summed E-state index contributed by atoms with van der Waals surface area (Å²) in [6.07, 6.45) is 0. The molecule has 0 unspecified atom stereocenters. The molecular formula is C15H21N5OS. The van der Waals surface area contributed by atoms with Crippen LogP contribution < -0.4 is 5.32 Å². The normalized spacial score (nSPS) is 11.0. The summed E-state index contributed by atoms with van der Waals surface area (Å²) in [5.74, 6) is 0.677. The molecule has 0 saturated heterocycles. The maximum absolute atomic E-state index is 12.1. The van der Waals surface area contributed by atoms with Crippen LogP contribution in [0.25, 0.3) is 0 Å². The number of rotatable bonds is 6. The Bertz CT molecular complexity index is 653. The van der Waals surface area contributed by atoms with Gasteiger partial charge in [0, 0.05) is 12.2 Å². The SMILES string of the molecule is Cc1ccc(C)c(NC(=O)CSc2nnnn2CC(C)C)c1. The molecule has 0 atom stereocenters. The number of hydrogen-bond acceptors (Lipinski definition) is 5. The van der Waals surface area contributed by atoms with Crippen molar-refractivity contribution < 1.29 is 4.79 Å². The Kier molecular flexibility index (Phi) is 5.54. The fourth-order valence-corrected chi connectivity index (χ4v) is 2.63. The third-order valence-electron chi connectivity index (χ3n) is 3.04. The lowest BCUT2D eigenvalue weighted by Gasteiger charge is -2.09. The van der Waals surface area contributed by atoms with E-state index in [4.69, 9.17) is 0 Å². The molecule has 2 rings (SSSR count). The predicted octanol–water partition coefficient (Wildman–Crippen LogP) is 2.68. The van der Waals surface area contributed by atoms with Crippen LogP contribution in [0.4, 0.5) is 5.69 Å². The number of anilines is 1. The van der Waals surface area contributed by atoms with Crippen molar-refractivity contribution in [3.05, 3.63) is 29.3 Å². The van der Waals surface area contributed by atoms with Crippen molar-refractivity contribution in [3.63, 3.8) is 0 Å². The lowest BCUT2D eigenvalue weighted by atomic mass is 10.1. The number of hydrogen-bond donors (Lipinski definition) is 1. The summed E-state index contributed by atoms with van der Waals surface area (Å²) in [6.45, 7) is 8.93. The Morgan fingerprint density at radius 1 is 1.36 bits per heavy atom. The average Bonchev–Trinajstić information content (AvgIpc) is 2.87. The van der Waals surface area contributed by atoms with Crippen molar-refractivity contribution in [1.82, 2.24) is 20.2 Å². The lowest BCUT2D eigenvalue weighted by molar-refractivity contribution is -0.113. The largest absolute Gasteiger partial charge is 0.325 e. The highest BCUT2D eigenvalue weighted by atomic mass is 32.2. The summed E-state index contributed by atoms with van der Waals surface area (Å²) in [4.78, 5) is 12.1. The van der Waals surface area contributed by atoms with Crippen LogP contribution in [0.5, 0.6) is 0 Å². The van der Waals surface area contributed by atoms with Crippen LogP contribution in [0.2, 0.25) is 0 Å². The van der Waals surface area contributed by atoms with Gasteiger partial charge in [0.05, 0.1) is 5.75 Å². The van der Waals surface area contributed by atoms with Crippen molar-refractivity contribution in [2.45, 2.75) is 39.4 Å². The van der Waals surface area contributed by atoms with E-state index in [9.17, 15) is 4.79 Å². The molecule has 2 aromatic rings. The zero-order valence-corrected chi connectivity index (χ0v) is 14.1. The molecule has 0 aliphatic rings. The number of nitrogens with zero attached hydrogens (tertiary/aromatic N) is 4. The van der Waals surface area contributed by atoms with E-state index in [-0.39, 0.29) is 11.7 Å². The second-order valence-corrected chi connectivity index (χ2v) is 6.64. The zero-order valence-electron chi connectivity index (χ0n) is 13.3. The number of amides is 1. The Balaban J connectivity index is 1.93. The molecule has 118 valence electrons. The molecule has 0 aliphatic carbocycles. The van der Waals surface area contributed by atoms with Crippen molar-refractivity contribution in [2.75, 3.05) is 11.1 Å². The van der Waals surface area contributed by atoms with Gasteiger partial charge in [-0.1, -0.05) is 37.7 Å². The Labute approximate surface area is 134 Å². The van der Waals surface area contributed by atoms with Gasteiger partial charge in [0.1, 0.15) is 0 Å². The molecule has 7 heteroatoms. The molecule has 1 amide bonds. The fraction of sp³-hybridized carbons (Fsp3) is 0.467. The molecule has 0 radical (unpaired) electrons. The van der Waals surface area contributed by atoms with Gasteiger partial charge >= 0.3 is 0 Å². The highest BCUT2D eigenvalue weighted by Crippen LogP contribution is 2.18. The highest BCUT2D eigenvalue weighted by molar-refractivity contribution is 7.99.